The molecule has 10 nitrogen and oxygen atoms in total. The number of carbonyl (C=O) groups excluding carboxylic acids is 2. The summed E-state index contributed by atoms with van der Waals surface area (Å²) in [5.74, 6) is -1.79. The normalized spacial score (nSPS) is 11.1. The van der Waals surface area contributed by atoms with Crippen LogP contribution in [0, 0.1) is 11.8 Å². The second-order valence-corrected chi connectivity index (χ2v) is 6.12. The number of amides is 2. The van der Waals surface area contributed by atoms with E-state index < -0.39 is 23.7 Å². The van der Waals surface area contributed by atoms with Crippen LogP contribution in [0.25, 0.3) is 0 Å². The van der Waals surface area contributed by atoms with Crippen molar-refractivity contribution >= 4 is 11.8 Å². The lowest BCUT2D eigenvalue weighted by molar-refractivity contribution is 0.0677. The number of aliphatic hydroxyl groups excluding tert-OH is 4. The van der Waals surface area contributed by atoms with Crippen molar-refractivity contribution in [3.05, 3.63) is 23.8 Å². The van der Waals surface area contributed by atoms with Crippen molar-refractivity contribution in [1.29, 1.82) is 0 Å². The van der Waals surface area contributed by atoms with Gasteiger partial charge in [-0.1, -0.05) is 0 Å². The minimum Gasteiger partial charge on any atom is -0.396 e. The Morgan fingerprint density at radius 2 is 1.12 bits per heavy atom. The van der Waals surface area contributed by atoms with Crippen molar-refractivity contribution in [3.8, 4) is 0 Å². The number of aliphatic hydroxyl groups is 4. The molecule has 1 aromatic heterocycles. The third kappa shape index (κ3) is 5.99. The van der Waals surface area contributed by atoms with E-state index in [0.29, 0.717) is 0 Å². The summed E-state index contributed by atoms with van der Waals surface area (Å²) in [5, 5.41) is 36.3. The Labute approximate surface area is 151 Å². The fourth-order valence-corrected chi connectivity index (χ4v) is 2.23. The van der Waals surface area contributed by atoms with Crippen molar-refractivity contribution in [1.82, 2.24) is 19.8 Å². The monoisotopic (exact) mass is 370 g/mol. The molecule has 0 aromatic carbocycles. The van der Waals surface area contributed by atoms with E-state index in [0.717, 1.165) is 0 Å². The van der Waals surface area contributed by atoms with Gasteiger partial charge in [0, 0.05) is 65.4 Å². The summed E-state index contributed by atoms with van der Waals surface area (Å²) in [6.07, 6.45) is 2.37. The highest BCUT2D eigenvalue weighted by atomic mass is 16.3. The second-order valence-electron chi connectivity index (χ2n) is 6.12. The van der Waals surface area contributed by atoms with Crippen LogP contribution in [0.1, 0.15) is 21.0 Å². The molecule has 0 saturated heterocycles. The van der Waals surface area contributed by atoms with Gasteiger partial charge >= 0.3 is 0 Å². The van der Waals surface area contributed by atoms with Crippen LogP contribution in [0.4, 0.5) is 0 Å². The molecule has 26 heavy (non-hydrogen) atoms. The summed E-state index contributed by atoms with van der Waals surface area (Å²) in [4.78, 5) is 35.0. The zero-order valence-electron chi connectivity index (χ0n) is 14.9. The smallest absolute Gasteiger partial charge is 0.273 e. The molecule has 0 radical (unpaired) electrons. The second kappa shape index (κ2) is 10.8. The molecule has 10 heteroatoms. The molecule has 0 saturated carbocycles. The van der Waals surface area contributed by atoms with Crippen LogP contribution in [-0.4, -0.2) is 106 Å². The van der Waals surface area contributed by atoms with Crippen LogP contribution in [0.2, 0.25) is 0 Å². The maximum Gasteiger partial charge on any atom is 0.273 e. The topological polar surface area (TPSA) is 147 Å². The van der Waals surface area contributed by atoms with E-state index in [1.54, 1.807) is 0 Å². The molecule has 0 aliphatic carbocycles. The lowest BCUT2D eigenvalue weighted by Crippen LogP contribution is -2.36. The number of hydrogen-bond acceptors (Lipinski definition) is 8. The molecule has 1 heterocycles. The molecule has 0 bridgehead atoms. The van der Waals surface area contributed by atoms with Gasteiger partial charge in [0.25, 0.3) is 11.8 Å². The maximum atomic E-state index is 12.3. The van der Waals surface area contributed by atoms with Crippen molar-refractivity contribution in [3.63, 3.8) is 0 Å². The number of nitrogens with zero attached hydrogens (tertiary/aromatic N) is 4. The van der Waals surface area contributed by atoms with Crippen molar-refractivity contribution in [2.45, 2.75) is 0 Å². The molecule has 2 amide bonds. The van der Waals surface area contributed by atoms with Crippen molar-refractivity contribution < 1.29 is 30.0 Å². The van der Waals surface area contributed by atoms with Crippen LogP contribution >= 0.6 is 0 Å². The standard InChI is InChI=1S/C16H26N4O6/c1-19(5-11(7-21)8-22)15(25)13-3-18-14(4-17-13)16(26)20(2)6-12(9-23)10-24/h3-4,11-12,21-24H,5-10H2,1-2H3. The van der Waals surface area contributed by atoms with E-state index in [2.05, 4.69) is 9.97 Å². The molecule has 1 aromatic rings. The fraction of sp³-hybridized carbons (Fsp3) is 0.625. The van der Waals surface area contributed by atoms with Gasteiger partial charge in [0.15, 0.2) is 0 Å². The lowest BCUT2D eigenvalue weighted by atomic mass is 10.1. The average molecular weight is 370 g/mol. The maximum absolute atomic E-state index is 12.3. The first-order valence-corrected chi connectivity index (χ1v) is 8.14. The molecule has 0 spiro atoms. The van der Waals surface area contributed by atoms with E-state index in [-0.39, 0.29) is 50.9 Å². The first kappa shape index (κ1) is 21.9. The number of rotatable bonds is 10. The predicted octanol–water partition coefficient (Wildman–Crippen LogP) is -2.18. The predicted molar refractivity (Wildman–Crippen MR) is 91.3 cm³/mol. The van der Waals surface area contributed by atoms with E-state index >= 15 is 0 Å². The highest BCUT2D eigenvalue weighted by Crippen LogP contribution is 2.06. The van der Waals surface area contributed by atoms with Gasteiger partial charge in [-0.05, 0) is 0 Å². The number of hydrogen-bond donors (Lipinski definition) is 4. The quantitative estimate of drug-likeness (QED) is 0.363. The van der Waals surface area contributed by atoms with Crippen LogP contribution in [0.15, 0.2) is 12.4 Å². The van der Waals surface area contributed by atoms with Gasteiger partial charge in [-0.15, -0.1) is 0 Å². The van der Waals surface area contributed by atoms with E-state index in [1.165, 1.54) is 36.3 Å². The van der Waals surface area contributed by atoms with E-state index in [9.17, 15) is 9.59 Å². The van der Waals surface area contributed by atoms with Gasteiger partial charge in [-0.25, -0.2) is 9.97 Å². The van der Waals surface area contributed by atoms with Gasteiger partial charge in [0.1, 0.15) is 11.4 Å². The molecule has 4 N–H and O–H groups in total. The Balaban J connectivity index is 2.75. The first-order valence-electron chi connectivity index (χ1n) is 8.14. The molecular formula is C16H26N4O6. The minimum atomic E-state index is -0.447. The molecule has 0 aliphatic heterocycles. The van der Waals surface area contributed by atoms with Gasteiger partial charge in [-0.2, -0.15) is 0 Å². The molecular weight excluding hydrogens is 344 g/mol. The summed E-state index contributed by atoms with van der Waals surface area (Å²) in [6, 6.07) is 0. The number of carbonyl (C=O) groups is 2. The van der Waals surface area contributed by atoms with Crippen LogP contribution in [0.3, 0.4) is 0 Å². The van der Waals surface area contributed by atoms with Gasteiger partial charge in [0.05, 0.1) is 12.4 Å². The highest BCUT2D eigenvalue weighted by molar-refractivity contribution is 5.94. The Bertz CT molecular complexity index is 524. The van der Waals surface area contributed by atoms with Crippen LogP contribution in [0.5, 0.6) is 0 Å². The third-order valence-corrected chi connectivity index (χ3v) is 3.88. The van der Waals surface area contributed by atoms with E-state index in [4.69, 9.17) is 20.4 Å². The average Bonchev–Trinajstić information content (AvgIpc) is 2.68. The number of aromatic nitrogens is 2. The molecule has 0 unspecified atom stereocenters. The van der Waals surface area contributed by atoms with Crippen LogP contribution in [-0.2, 0) is 0 Å². The SMILES string of the molecule is CN(CC(CO)CO)C(=O)c1cnc(C(=O)N(C)CC(CO)CO)cn1. The first-order chi connectivity index (χ1) is 12.4. The van der Waals surface area contributed by atoms with Gasteiger partial charge in [0.2, 0.25) is 0 Å². The van der Waals surface area contributed by atoms with Crippen molar-refractivity contribution in [2.24, 2.45) is 11.8 Å². The zero-order valence-corrected chi connectivity index (χ0v) is 14.9. The Morgan fingerprint density at radius 3 is 1.35 bits per heavy atom. The van der Waals surface area contributed by atoms with Crippen molar-refractivity contribution in [2.75, 3.05) is 53.6 Å². The molecule has 0 aliphatic rings. The molecule has 1 rings (SSSR count). The summed E-state index contributed by atoms with van der Waals surface area (Å²) >= 11 is 0. The molecule has 0 fully saturated rings. The Kier molecular flexibility index (Phi) is 9.07. The summed E-state index contributed by atoms with van der Waals surface area (Å²) in [5.41, 5.74) is 0.0647. The minimum absolute atomic E-state index is 0.0323. The summed E-state index contributed by atoms with van der Waals surface area (Å²) in [7, 11) is 3.03. The zero-order chi connectivity index (χ0) is 19.7. The lowest BCUT2D eigenvalue weighted by Gasteiger charge is -2.22. The van der Waals surface area contributed by atoms with E-state index in [1.807, 2.05) is 0 Å². The molecule has 0 atom stereocenters. The largest absolute Gasteiger partial charge is 0.396 e. The Hall–Kier alpha value is -2.14. The van der Waals surface area contributed by atoms with Crippen LogP contribution < -0.4 is 0 Å². The summed E-state index contributed by atoms with van der Waals surface area (Å²) < 4.78 is 0. The van der Waals surface area contributed by atoms with Gasteiger partial charge in [-0.3, -0.25) is 9.59 Å². The summed E-state index contributed by atoms with van der Waals surface area (Å²) in [6.45, 7) is -0.684. The highest BCUT2D eigenvalue weighted by Gasteiger charge is 2.20. The Morgan fingerprint density at radius 1 is 0.808 bits per heavy atom. The third-order valence-electron chi connectivity index (χ3n) is 3.88. The fourth-order valence-electron chi connectivity index (χ4n) is 2.23. The molecule has 146 valence electrons. The van der Waals surface area contributed by atoms with Gasteiger partial charge < -0.3 is 30.2 Å².